The molecule has 0 N–H and O–H groups in total. The molecule has 1 aromatic carbocycles. The summed E-state index contributed by atoms with van der Waals surface area (Å²) in [5, 5.41) is 7.32. The van der Waals surface area contributed by atoms with E-state index in [1.165, 1.54) is 39.0 Å². The van der Waals surface area contributed by atoms with Crippen LogP contribution in [0, 0.1) is 11.3 Å². The van der Waals surface area contributed by atoms with Gasteiger partial charge >= 0.3 is 0 Å². The largest absolute Gasteiger partial charge is 0.199 e. The second-order valence-corrected chi connectivity index (χ2v) is 3.97. The fourth-order valence-corrected chi connectivity index (χ4v) is 2.16. The Balaban J connectivity index is 0.000000337. The molecule has 0 aromatic heterocycles. The molecule has 15 heavy (non-hydrogen) atoms. The molecule has 1 aliphatic rings. The van der Waals surface area contributed by atoms with E-state index in [1.54, 1.807) is 11.6 Å². The smallest absolute Gasteiger partial charge is 0.0587 e. The summed E-state index contributed by atoms with van der Waals surface area (Å²) in [7, 11) is 0. The number of hydrogen-bond acceptors (Lipinski definition) is 1. The van der Waals surface area contributed by atoms with Crippen molar-refractivity contribution >= 4 is 0 Å². The van der Waals surface area contributed by atoms with Gasteiger partial charge in [-0.25, -0.2) is 0 Å². The Morgan fingerprint density at radius 3 is 2.13 bits per heavy atom. The molecule has 0 amide bonds. The molecule has 1 aliphatic carbocycles. The van der Waals surface area contributed by atoms with Gasteiger partial charge in [0.1, 0.15) is 0 Å². The molecule has 1 saturated carbocycles. The van der Waals surface area contributed by atoms with Gasteiger partial charge in [-0.15, -0.1) is 0 Å². The minimum absolute atomic E-state index is 0.861. The van der Waals surface area contributed by atoms with E-state index in [0.717, 1.165) is 5.92 Å². The summed E-state index contributed by atoms with van der Waals surface area (Å²) < 4.78 is 0. The van der Waals surface area contributed by atoms with Gasteiger partial charge in [0.05, 0.1) is 6.07 Å². The van der Waals surface area contributed by atoms with Gasteiger partial charge < -0.3 is 0 Å². The third kappa shape index (κ3) is 4.16. The maximum atomic E-state index is 7.32. The fourth-order valence-electron chi connectivity index (χ4n) is 2.16. The SMILES string of the molecule is CC#N.c1ccc(C2CCCCC2)cc1. The molecule has 1 aromatic rings. The van der Waals surface area contributed by atoms with Gasteiger partial charge in [0, 0.05) is 6.92 Å². The minimum atomic E-state index is 0.861. The van der Waals surface area contributed by atoms with Crippen molar-refractivity contribution in [2.75, 3.05) is 0 Å². The molecule has 0 unspecified atom stereocenters. The van der Waals surface area contributed by atoms with E-state index in [-0.39, 0.29) is 0 Å². The summed E-state index contributed by atoms with van der Waals surface area (Å²) in [4.78, 5) is 0. The quantitative estimate of drug-likeness (QED) is 0.665. The molecule has 0 bridgehead atoms. The highest BCUT2D eigenvalue weighted by Gasteiger charge is 2.14. The molecular weight excluding hydrogens is 182 g/mol. The van der Waals surface area contributed by atoms with Crippen molar-refractivity contribution < 1.29 is 0 Å². The molecule has 0 heterocycles. The van der Waals surface area contributed by atoms with Crippen molar-refractivity contribution in [3.8, 4) is 6.07 Å². The van der Waals surface area contributed by atoms with E-state index in [4.69, 9.17) is 5.26 Å². The average Bonchev–Trinajstić information content (AvgIpc) is 2.32. The molecule has 1 fully saturated rings. The second-order valence-electron chi connectivity index (χ2n) is 3.97. The first-order valence-electron chi connectivity index (χ1n) is 5.74. The van der Waals surface area contributed by atoms with Gasteiger partial charge in [0.15, 0.2) is 0 Å². The topological polar surface area (TPSA) is 23.8 Å². The number of benzene rings is 1. The van der Waals surface area contributed by atoms with Gasteiger partial charge in [0.25, 0.3) is 0 Å². The lowest BCUT2D eigenvalue weighted by Crippen LogP contribution is -2.03. The van der Waals surface area contributed by atoms with Crippen LogP contribution in [0.3, 0.4) is 0 Å². The zero-order valence-electron chi connectivity index (χ0n) is 9.45. The molecule has 1 heteroatoms. The Labute approximate surface area is 92.7 Å². The lowest BCUT2D eigenvalue weighted by Gasteiger charge is -2.21. The summed E-state index contributed by atoms with van der Waals surface area (Å²) >= 11 is 0. The van der Waals surface area contributed by atoms with E-state index in [2.05, 4.69) is 30.3 Å². The summed E-state index contributed by atoms with van der Waals surface area (Å²) in [6.45, 7) is 1.43. The molecule has 0 spiro atoms. The Morgan fingerprint density at radius 2 is 1.60 bits per heavy atom. The van der Waals surface area contributed by atoms with Crippen LogP contribution in [-0.4, -0.2) is 0 Å². The summed E-state index contributed by atoms with van der Waals surface area (Å²) in [6.07, 6.45) is 7.12. The summed E-state index contributed by atoms with van der Waals surface area (Å²) in [5.41, 5.74) is 1.55. The first-order valence-corrected chi connectivity index (χ1v) is 5.74. The normalized spacial score (nSPS) is 16.0. The molecule has 0 radical (unpaired) electrons. The van der Waals surface area contributed by atoms with Gasteiger partial charge in [-0.2, -0.15) is 5.26 Å². The third-order valence-corrected chi connectivity index (χ3v) is 2.88. The summed E-state index contributed by atoms with van der Waals surface area (Å²) in [5.74, 6) is 0.861. The van der Waals surface area contributed by atoms with Gasteiger partial charge in [-0.1, -0.05) is 49.6 Å². The highest BCUT2D eigenvalue weighted by molar-refractivity contribution is 5.19. The van der Waals surface area contributed by atoms with Crippen LogP contribution >= 0.6 is 0 Å². The molecule has 0 atom stereocenters. The molecule has 1 nitrogen and oxygen atoms in total. The van der Waals surface area contributed by atoms with Crippen molar-refractivity contribution in [1.82, 2.24) is 0 Å². The number of hydrogen-bond donors (Lipinski definition) is 0. The Morgan fingerprint density at radius 1 is 1.07 bits per heavy atom. The van der Waals surface area contributed by atoms with Crippen molar-refractivity contribution in [1.29, 1.82) is 5.26 Å². The van der Waals surface area contributed by atoms with Crippen LogP contribution in [0.1, 0.15) is 50.5 Å². The zero-order valence-corrected chi connectivity index (χ0v) is 9.45. The van der Waals surface area contributed by atoms with E-state index in [9.17, 15) is 0 Å². The maximum Gasteiger partial charge on any atom is 0.0587 e. The average molecular weight is 201 g/mol. The predicted octanol–water partition coefficient (Wildman–Crippen LogP) is 4.26. The standard InChI is InChI=1S/C12H16.C2H3N/c1-3-7-11(8-4-1)12-9-5-2-6-10-12;1-2-3/h1,3-4,7-8,12H,2,5-6,9-10H2;1H3. The number of nitrogens with zero attached hydrogens (tertiary/aromatic N) is 1. The Bertz CT molecular complexity index is 291. The van der Waals surface area contributed by atoms with Crippen molar-refractivity contribution in [3.05, 3.63) is 35.9 Å². The third-order valence-electron chi connectivity index (χ3n) is 2.88. The minimum Gasteiger partial charge on any atom is -0.199 e. The molecule has 0 aliphatic heterocycles. The molecule has 2 rings (SSSR count). The van der Waals surface area contributed by atoms with Gasteiger partial charge in [0.2, 0.25) is 0 Å². The van der Waals surface area contributed by atoms with Crippen molar-refractivity contribution in [3.63, 3.8) is 0 Å². The second kappa shape index (κ2) is 7.06. The Kier molecular flexibility index (Phi) is 5.55. The van der Waals surface area contributed by atoms with Gasteiger partial charge in [-0.05, 0) is 24.3 Å². The van der Waals surface area contributed by atoms with Crippen LogP contribution in [0.25, 0.3) is 0 Å². The number of rotatable bonds is 1. The number of nitriles is 1. The lowest BCUT2D eigenvalue weighted by atomic mass is 9.84. The van der Waals surface area contributed by atoms with Crippen LogP contribution in [0.5, 0.6) is 0 Å². The van der Waals surface area contributed by atoms with Crippen LogP contribution in [-0.2, 0) is 0 Å². The highest BCUT2D eigenvalue weighted by atomic mass is 14.2. The van der Waals surface area contributed by atoms with Crippen LogP contribution in [0.4, 0.5) is 0 Å². The first-order chi connectivity index (χ1) is 7.38. The van der Waals surface area contributed by atoms with Crippen molar-refractivity contribution in [2.24, 2.45) is 0 Å². The van der Waals surface area contributed by atoms with Crippen molar-refractivity contribution in [2.45, 2.75) is 44.9 Å². The van der Waals surface area contributed by atoms with E-state index in [1.807, 2.05) is 0 Å². The van der Waals surface area contributed by atoms with Crippen LogP contribution in [0.2, 0.25) is 0 Å². The predicted molar refractivity (Wildman–Crippen MR) is 63.6 cm³/mol. The van der Waals surface area contributed by atoms with Crippen LogP contribution < -0.4 is 0 Å². The van der Waals surface area contributed by atoms with Crippen LogP contribution in [0.15, 0.2) is 30.3 Å². The van der Waals surface area contributed by atoms with E-state index < -0.39 is 0 Å². The Hall–Kier alpha value is -1.29. The lowest BCUT2D eigenvalue weighted by molar-refractivity contribution is 0.443. The monoisotopic (exact) mass is 201 g/mol. The highest BCUT2D eigenvalue weighted by Crippen LogP contribution is 2.31. The zero-order chi connectivity index (χ0) is 10.9. The summed E-state index contributed by atoms with van der Waals surface area (Å²) in [6, 6.07) is 12.7. The van der Waals surface area contributed by atoms with E-state index >= 15 is 0 Å². The fraction of sp³-hybridized carbons (Fsp3) is 0.500. The first kappa shape index (κ1) is 11.8. The maximum absolute atomic E-state index is 7.32. The molecule has 0 saturated heterocycles. The molecular formula is C14H19N. The van der Waals surface area contributed by atoms with E-state index in [0.29, 0.717) is 0 Å². The van der Waals surface area contributed by atoms with Gasteiger partial charge in [-0.3, -0.25) is 0 Å². The molecule has 80 valence electrons.